The zero-order valence-electron chi connectivity index (χ0n) is 14.5. The maximum Gasteiger partial charge on any atom is 0.335 e. The summed E-state index contributed by atoms with van der Waals surface area (Å²) >= 11 is 5.97. The number of allylic oxidation sites excluding steroid dienone is 4. The van der Waals surface area contributed by atoms with E-state index in [4.69, 9.17) is 16.7 Å². The van der Waals surface area contributed by atoms with Gasteiger partial charge in [0.15, 0.2) is 0 Å². The lowest BCUT2D eigenvalue weighted by Gasteiger charge is -2.04. The molecule has 0 bridgehead atoms. The van der Waals surface area contributed by atoms with Crippen molar-refractivity contribution in [1.82, 2.24) is 4.98 Å². The van der Waals surface area contributed by atoms with Crippen molar-refractivity contribution in [2.24, 2.45) is 0 Å². The van der Waals surface area contributed by atoms with Crippen LogP contribution in [0.5, 0.6) is 0 Å². The molecular formula is C21H22ClNO2. The summed E-state index contributed by atoms with van der Waals surface area (Å²) in [6.07, 6.45) is 10.7. The highest BCUT2D eigenvalue weighted by atomic mass is 35.5. The van der Waals surface area contributed by atoms with Gasteiger partial charge < -0.3 is 5.11 Å². The van der Waals surface area contributed by atoms with Crippen molar-refractivity contribution in [2.75, 3.05) is 0 Å². The maximum atomic E-state index is 11.0. The maximum absolute atomic E-state index is 11.0. The lowest BCUT2D eigenvalue weighted by Crippen LogP contribution is -1.98. The highest BCUT2D eigenvalue weighted by Crippen LogP contribution is 2.17. The number of carboxylic acid groups (broad SMARTS) is 1. The molecule has 0 aliphatic heterocycles. The average Bonchev–Trinajstić information content (AvgIpc) is 2.59. The van der Waals surface area contributed by atoms with Gasteiger partial charge in [-0.05, 0) is 74.1 Å². The highest BCUT2D eigenvalue weighted by molar-refractivity contribution is 6.30. The molecule has 0 unspecified atom stereocenters. The number of aromatic nitrogens is 1. The number of carbonyl (C=O) groups is 1. The Hall–Kier alpha value is -2.39. The van der Waals surface area contributed by atoms with E-state index in [1.807, 2.05) is 31.2 Å². The summed E-state index contributed by atoms with van der Waals surface area (Å²) in [5.41, 5.74) is 4.44. The number of carboxylic acids is 1. The third-order valence-corrected chi connectivity index (χ3v) is 4.25. The van der Waals surface area contributed by atoms with Gasteiger partial charge in [-0.15, -0.1) is 0 Å². The fourth-order valence-corrected chi connectivity index (χ4v) is 2.75. The Kier molecular flexibility index (Phi) is 6.96. The van der Waals surface area contributed by atoms with Crippen molar-refractivity contribution in [1.29, 1.82) is 0 Å². The molecule has 3 nitrogen and oxygen atoms in total. The first kappa shape index (κ1) is 18.9. The van der Waals surface area contributed by atoms with Crippen LogP contribution in [0.25, 0.3) is 5.57 Å². The number of aryl methyl sites for hydroxylation is 2. The Morgan fingerprint density at radius 3 is 2.80 bits per heavy atom. The van der Waals surface area contributed by atoms with Crippen LogP contribution in [-0.4, -0.2) is 16.1 Å². The monoisotopic (exact) mass is 355 g/mol. The third-order valence-electron chi connectivity index (χ3n) is 4.01. The number of halogens is 1. The molecule has 0 aliphatic carbocycles. The minimum absolute atomic E-state index is 0.250. The zero-order valence-corrected chi connectivity index (χ0v) is 15.3. The molecule has 1 aromatic heterocycles. The fraction of sp³-hybridized carbons (Fsp3) is 0.238. The molecule has 0 amide bonds. The van der Waals surface area contributed by atoms with Gasteiger partial charge in [0.1, 0.15) is 0 Å². The molecule has 1 heterocycles. The van der Waals surface area contributed by atoms with Crippen LogP contribution in [0.3, 0.4) is 0 Å². The summed E-state index contributed by atoms with van der Waals surface area (Å²) in [5, 5.41) is 9.80. The van der Waals surface area contributed by atoms with Crippen LogP contribution >= 0.6 is 11.6 Å². The van der Waals surface area contributed by atoms with E-state index in [1.54, 1.807) is 6.07 Å². The minimum atomic E-state index is -0.940. The normalized spacial score (nSPS) is 11.9. The molecule has 0 spiro atoms. The molecule has 4 heteroatoms. The van der Waals surface area contributed by atoms with Crippen molar-refractivity contribution >= 4 is 23.1 Å². The van der Waals surface area contributed by atoms with Crippen LogP contribution in [0.4, 0.5) is 0 Å². The van der Waals surface area contributed by atoms with Gasteiger partial charge in [0.2, 0.25) is 0 Å². The first-order chi connectivity index (χ1) is 12.0. The molecule has 25 heavy (non-hydrogen) atoms. The van der Waals surface area contributed by atoms with Crippen molar-refractivity contribution in [3.8, 4) is 0 Å². The van der Waals surface area contributed by atoms with Gasteiger partial charge in [0, 0.05) is 11.2 Å². The third kappa shape index (κ3) is 5.87. The Morgan fingerprint density at radius 2 is 2.08 bits per heavy atom. The van der Waals surface area contributed by atoms with E-state index in [1.165, 1.54) is 23.4 Å². The summed E-state index contributed by atoms with van der Waals surface area (Å²) in [6.45, 7) is 4.01. The number of rotatable bonds is 7. The van der Waals surface area contributed by atoms with E-state index in [0.29, 0.717) is 5.69 Å². The van der Waals surface area contributed by atoms with E-state index in [9.17, 15) is 4.79 Å². The van der Waals surface area contributed by atoms with Gasteiger partial charge >= 0.3 is 5.97 Å². The molecule has 1 N–H and O–H groups in total. The van der Waals surface area contributed by atoms with E-state index in [0.717, 1.165) is 29.9 Å². The molecule has 130 valence electrons. The standard InChI is InChI=1S/C21H22ClNO2/c1-15(20-14-18(21(24)25)11-12-23-20)7-5-3-4-6-8-17-9-10-19(22)13-16(17)2/h3,5,7,9-14H,4,6,8H2,1-2H3,(H,24,25)/b5-3-,15-7+. The number of aromatic carboxylic acids is 1. The first-order valence-electron chi connectivity index (χ1n) is 8.25. The molecule has 0 atom stereocenters. The number of benzene rings is 1. The van der Waals surface area contributed by atoms with Crippen LogP contribution < -0.4 is 0 Å². The second-order valence-electron chi connectivity index (χ2n) is 5.98. The summed E-state index contributed by atoms with van der Waals surface area (Å²) in [7, 11) is 0. The zero-order chi connectivity index (χ0) is 18.2. The van der Waals surface area contributed by atoms with Gasteiger partial charge in [-0.3, -0.25) is 4.98 Å². The SMILES string of the molecule is C/C(=C\C=C/CCCc1ccc(Cl)cc1C)c1cc(C(=O)O)ccn1. The number of unbranched alkanes of at least 4 members (excludes halogenated alkanes) is 1. The van der Waals surface area contributed by atoms with E-state index in [2.05, 4.69) is 24.1 Å². The highest BCUT2D eigenvalue weighted by Gasteiger charge is 2.04. The summed E-state index contributed by atoms with van der Waals surface area (Å²) < 4.78 is 0. The predicted molar refractivity (Wildman–Crippen MR) is 103 cm³/mol. The van der Waals surface area contributed by atoms with E-state index < -0.39 is 5.97 Å². The molecule has 0 saturated heterocycles. The molecule has 0 fully saturated rings. The van der Waals surface area contributed by atoms with Crippen LogP contribution in [0.15, 0.2) is 54.8 Å². The summed E-state index contributed by atoms with van der Waals surface area (Å²) in [5.74, 6) is -0.940. The molecule has 2 aromatic rings. The van der Waals surface area contributed by atoms with Crippen molar-refractivity contribution < 1.29 is 9.90 Å². The predicted octanol–water partition coefficient (Wildman–Crippen LogP) is 5.72. The Bertz CT molecular complexity index is 809. The van der Waals surface area contributed by atoms with Crippen LogP contribution in [0.2, 0.25) is 5.02 Å². The average molecular weight is 356 g/mol. The smallest absolute Gasteiger partial charge is 0.335 e. The van der Waals surface area contributed by atoms with Crippen molar-refractivity contribution in [3.63, 3.8) is 0 Å². The minimum Gasteiger partial charge on any atom is -0.478 e. The lowest BCUT2D eigenvalue weighted by molar-refractivity contribution is 0.0696. The number of pyridine rings is 1. The number of nitrogens with zero attached hydrogens (tertiary/aromatic N) is 1. The molecule has 0 aliphatic rings. The van der Waals surface area contributed by atoms with Crippen LogP contribution in [0.1, 0.15) is 46.9 Å². The van der Waals surface area contributed by atoms with Gasteiger partial charge in [-0.25, -0.2) is 4.79 Å². The topological polar surface area (TPSA) is 50.2 Å². The molecule has 1 aromatic carbocycles. The largest absolute Gasteiger partial charge is 0.478 e. The molecule has 0 saturated carbocycles. The van der Waals surface area contributed by atoms with Gasteiger partial charge in [-0.2, -0.15) is 0 Å². The number of hydrogen-bond donors (Lipinski definition) is 1. The van der Waals surface area contributed by atoms with E-state index >= 15 is 0 Å². The van der Waals surface area contributed by atoms with Gasteiger partial charge in [0.05, 0.1) is 11.3 Å². The molecular weight excluding hydrogens is 334 g/mol. The lowest BCUT2D eigenvalue weighted by atomic mass is 10.0. The quantitative estimate of drug-likeness (QED) is 0.510. The number of hydrogen-bond acceptors (Lipinski definition) is 2. The Balaban J connectivity index is 1.86. The fourth-order valence-electron chi connectivity index (χ4n) is 2.52. The van der Waals surface area contributed by atoms with Crippen molar-refractivity contribution in [3.05, 3.63) is 82.2 Å². The first-order valence-corrected chi connectivity index (χ1v) is 8.63. The van der Waals surface area contributed by atoms with E-state index in [-0.39, 0.29) is 5.56 Å². The Morgan fingerprint density at radius 1 is 1.28 bits per heavy atom. The second-order valence-corrected chi connectivity index (χ2v) is 6.41. The van der Waals surface area contributed by atoms with Crippen molar-refractivity contribution in [2.45, 2.75) is 33.1 Å². The second kappa shape index (κ2) is 9.19. The molecule has 0 radical (unpaired) electrons. The Labute approximate surface area is 153 Å². The van der Waals surface area contributed by atoms with Crippen LogP contribution in [0, 0.1) is 6.92 Å². The van der Waals surface area contributed by atoms with Gasteiger partial charge in [-0.1, -0.05) is 35.9 Å². The summed E-state index contributed by atoms with van der Waals surface area (Å²) in [6, 6.07) is 9.10. The van der Waals surface area contributed by atoms with Crippen LogP contribution in [-0.2, 0) is 6.42 Å². The molecule has 2 rings (SSSR count). The summed E-state index contributed by atoms with van der Waals surface area (Å²) in [4.78, 5) is 15.2. The van der Waals surface area contributed by atoms with Gasteiger partial charge in [0.25, 0.3) is 0 Å².